The molecule has 0 aliphatic carbocycles. The van der Waals surface area contributed by atoms with Gasteiger partial charge in [0.25, 0.3) is 0 Å². The number of methoxy groups -OCH3 is 1. The largest absolute Gasteiger partial charge is 0.396 e. The number of nitrogens with one attached hydrogen (secondary N) is 1. The monoisotopic (exact) mass is 320 g/mol. The van der Waals surface area contributed by atoms with Crippen LogP contribution in [-0.4, -0.2) is 41.9 Å². The van der Waals surface area contributed by atoms with Crippen LogP contribution in [0.15, 0.2) is 17.0 Å². The Kier molecular flexibility index (Phi) is 7.03. The number of nitrogens with two attached hydrogens (primary N) is 1. The zero-order chi connectivity index (χ0) is 15.9. The Morgan fingerprint density at radius 3 is 2.62 bits per heavy atom. The van der Waals surface area contributed by atoms with Crippen molar-refractivity contribution >= 4 is 15.7 Å². The Balaban J connectivity index is 2.51. The third-order valence-corrected chi connectivity index (χ3v) is 4.20. The number of hydrogen-bond donors (Lipinski definition) is 2. The fourth-order valence-corrected chi connectivity index (χ4v) is 2.82. The van der Waals surface area contributed by atoms with Crippen molar-refractivity contribution in [2.75, 3.05) is 39.2 Å². The Morgan fingerprint density at radius 1 is 1.29 bits per heavy atom. The molecule has 6 nitrogen and oxygen atoms in total. The maximum Gasteiger partial charge on any atom is 0.240 e. The lowest BCUT2D eigenvalue weighted by molar-refractivity contribution is 0.0699. The van der Waals surface area contributed by atoms with Crippen molar-refractivity contribution in [3.05, 3.63) is 23.5 Å². The van der Waals surface area contributed by atoms with Crippen molar-refractivity contribution in [1.29, 1.82) is 0 Å². The summed E-state index contributed by atoms with van der Waals surface area (Å²) < 4.78 is 49.9. The van der Waals surface area contributed by atoms with E-state index in [-0.39, 0.29) is 22.7 Å². The number of halogens is 1. The maximum absolute atomic E-state index is 13.4. The summed E-state index contributed by atoms with van der Waals surface area (Å²) in [6.07, 6.45) is 0.526. The van der Waals surface area contributed by atoms with Gasteiger partial charge in [0.05, 0.1) is 23.8 Å². The van der Waals surface area contributed by atoms with Gasteiger partial charge >= 0.3 is 0 Å². The Hall–Kier alpha value is -1.22. The molecule has 0 fully saturated rings. The molecule has 0 heterocycles. The summed E-state index contributed by atoms with van der Waals surface area (Å²) in [5.41, 5.74) is 5.45. The molecule has 0 aliphatic rings. The average Bonchev–Trinajstić information content (AvgIpc) is 2.43. The second-order valence-electron chi connectivity index (χ2n) is 4.50. The zero-order valence-electron chi connectivity index (χ0n) is 12.2. The van der Waals surface area contributed by atoms with Crippen LogP contribution in [0.3, 0.4) is 0 Å². The maximum atomic E-state index is 13.4. The van der Waals surface area contributed by atoms with Crippen LogP contribution < -0.4 is 10.5 Å². The highest BCUT2D eigenvalue weighted by molar-refractivity contribution is 7.89. The van der Waals surface area contributed by atoms with Crippen LogP contribution in [-0.2, 0) is 19.5 Å². The molecule has 21 heavy (non-hydrogen) atoms. The number of sulfonamides is 1. The fraction of sp³-hybridized carbons (Fsp3) is 0.538. The predicted octanol–water partition coefficient (Wildman–Crippen LogP) is 1.05. The lowest BCUT2D eigenvalue weighted by Gasteiger charge is -2.09. The number of nitrogen functional groups attached to an aromatic ring is 1. The van der Waals surface area contributed by atoms with Crippen LogP contribution >= 0.6 is 0 Å². The number of anilines is 1. The third kappa shape index (κ3) is 5.58. The topological polar surface area (TPSA) is 90.6 Å². The van der Waals surface area contributed by atoms with Crippen LogP contribution in [0.25, 0.3) is 0 Å². The van der Waals surface area contributed by atoms with E-state index in [4.69, 9.17) is 15.2 Å². The zero-order valence-corrected chi connectivity index (χ0v) is 13.0. The van der Waals surface area contributed by atoms with Gasteiger partial charge in [-0.2, -0.15) is 0 Å². The number of hydrogen-bond acceptors (Lipinski definition) is 5. The van der Waals surface area contributed by atoms with E-state index in [1.807, 2.05) is 0 Å². The van der Waals surface area contributed by atoms with Gasteiger partial charge in [-0.15, -0.1) is 0 Å². The van der Waals surface area contributed by atoms with E-state index in [0.717, 1.165) is 6.07 Å². The molecule has 3 N–H and O–H groups in total. The first-order chi connectivity index (χ1) is 9.88. The molecule has 0 saturated carbocycles. The van der Waals surface area contributed by atoms with Crippen LogP contribution in [0.5, 0.6) is 0 Å². The van der Waals surface area contributed by atoms with Crippen LogP contribution in [0.2, 0.25) is 0 Å². The first kappa shape index (κ1) is 17.8. The summed E-state index contributed by atoms with van der Waals surface area (Å²) in [6.45, 7) is 3.09. The summed E-state index contributed by atoms with van der Waals surface area (Å²) in [5, 5.41) is 0. The molecule has 1 aromatic rings. The average molecular weight is 320 g/mol. The minimum atomic E-state index is -3.70. The Labute approximate surface area is 124 Å². The molecule has 0 atom stereocenters. The van der Waals surface area contributed by atoms with Gasteiger partial charge < -0.3 is 15.2 Å². The lowest BCUT2D eigenvalue weighted by atomic mass is 10.2. The van der Waals surface area contributed by atoms with Crippen molar-refractivity contribution in [2.24, 2.45) is 0 Å². The molecule has 1 aromatic carbocycles. The molecule has 0 amide bonds. The molecule has 0 aliphatic heterocycles. The molecule has 0 unspecified atom stereocenters. The minimum Gasteiger partial charge on any atom is -0.396 e. The smallest absolute Gasteiger partial charge is 0.240 e. The summed E-state index contributed by atoms with van der Waals surface area (Å²) in [4.78, 5) is -0.0424. The molecular weight excluding hydrogens is 299 g/mol. The number of ether oxygens (including phenoxy) is 2. The van der Waals surface area contributed by atoms with Crippen LogP contribution in [0.4, 0.5) is 10.1 Å². The van der Waals surface area contributed by atoms with Crippen molar-refractivity contribution in [1.82, 2.24) is 4.72 Å². The van der Waals surface area contributed by atoms with Crippen molar-refractivity contribution < 1.29 is 22.3 Å². The first-order valence-electron chi connectivity index (χ1n) is 6.50. The number of rotatable bonds is 9. The van der Waals surface area contributed by atoms with Crippen LogP contribution in [0.1, 0.15) is 12.0 Å². The lowest BCUT2D eigenvalue weighted by Crippen LogP contribution is -2.26. The summed E-state index contributed by atoms with van der Waals surface area (Å²) in [7, 11) is -2.12. The fourth-order valence-electron chi connectivity index (χ4n) is 1.63. The van der Waals surface area contributed by atoms with E-state index >= 15 is 0 Å². The van der Waals surface area contributed by atoms with Crippen molar-refractivity contribution in [3.63, 3.8) is 0 Å². The van der Waals surface area contributed by atoms with Gasteiger partial charge in [0, 0.05) is 20.3 Å². The van der Waals surface area contributed by atoms with E-state index in [0.29, 0.717) is 26.2 Å². The molecule has 0 aromatic heterocycles. The molecular formula is C13H21FN2O4S. The van der Waals surface area contributed by atoms with Gasteiger partial charge in [0.1, 0.15) is 5.82 Å². The highest BCUT2D eigenvalue weighted by Crippen LogP contribution is 2.20. The van der Waals surface area contributed by atoms with E-state index in [1.54, 1.807) is 7.11 Å². The first-order valence-corrected chi connectivity index (χ1v) is 7.98. The standard InChI is InChI=1S/C13H21FN2O4S/c1-10-8-11(9-12(15)13(10)14)21(17,18)16-4-3-5-20-7-6-19-2/h8-9,16H,3-7,15H2,1-2H3. The quantitative estimate of drug-likeness (QED) is 0.524. The SMILES string of the molecule is COCCOCCCNS(=O)(=O)c1cc(C)c(F)c(N)c1. The second-order valence-corrected chi connectivity index (χ2v) is 6.27. The molecule has 0 bridgehead atoms. The van der Waals surface area contributed by atoms with Crippen molar-refractivity contribution in [2.45, 2.75) is 18.2 Å². The Morgan fingerprint density at radius 2 is 2.00 bits per heavy atom. The molecule has 120 valence electrons. The molecule has 0 radical (unpaired) electrons. The molecule has 1 rings (SSSR count). The number of benzene rings is 1. The van der Waals surface area contributed by atoms with Gasteiger partial charge in [-0.25, -0.2) is 17.5 Å². The third-order valence-electron chi connectivity index (χ3n) is 2.76. The summed E-state index contributed by atoms with van der Waals surface area (Å²) in [5.74, 6) is -0.597. The summed E-state index contributed by atoms with van der Waals surface area (Å²) >= 11 is 0. The second kappa shape index (κ2) is 8.28. The van der Waals surface area contributed by atoms with Gasteiger partial charge in [0.2, 0.25) is 10.0 Å². The van der Waals surface area contributed by atoms with Gasteiger partial charge in [-0.3, -0.25) is 0 Å². The highest BCUT2D eigenvalue weighted by atomic mass is 32.2. The summed E-state index contributed by atoms with van der Waals surface area (Å²) in [6, 6.07) is 2.36. The number of aryl methyl sites for hydroxylation is 1. The van der Waals surface area contributed by atoms with E-state index < -0.39 is 15.8 Å². The van der Waals surface area contributed by atoms with E-state index in [9.17, 15) is 12.8 Å². The minimum absolute atomic E-state index is 0.0424. The molecule has 0 saturated heterocycles. The van der Waals surface area contributed by atoms with E-state index in [1.165, 1.54) is 13.0 Å². The van der Waals surface area contributed by atoms with Gasteiger partial charge in [0.15, 0.2) is 0 Å². The van der Waals surface area contributed by atoms with Crippen LogP contribution in [0, 0.1) is 12.7 Å². The van der Waals surface area contributed by atoms with E-state index in [2.05, 4.69) is 4.72 Å². The Bertz CT molecular complexity index is 540. The predicted molar refractivity (Wildman–Crippen MR) is 78.0 cm³/mol. The highest BCUT2D eigenvalue weighted by Gasteiger charge is 2.16. The van der Waals surface area contributed by atoms with Gasteiger partial charge in [-0.05, 0) is 31.0 Å². The van der Waals surface area contributed by atoms with Crippen molar-refractivity contribution in [3.8, 4) is 0 Å². The molecule has 0 spiro atoms. The molecule has 8 heteroatoms. The van der Waals surface area contributed by atoms with Gasteiger partial charge in [-0.1, -0.05) is 0 Å². The normalized spacial score (nSPS) is 11.8.